The number of nitrogens with one attached hydrogen (secondary N) is 1. The molecule has 1 aromatic rings. The second kappa shape index (κ2) is 8.43. The molecule has 0 spiro atoms. The van der Waals surface area contributed by atoms with Crippen molar-refractivity contribution in [2.24, 2.45) is 0 Å². The van der Waals surface area contributed by atoms with Crippen molar-refractivity contribution in [3.05, 3.63) is 35.4 Å². The van der Waals surface area contributed by atoms with E-state index in [-0.39, 0.29) is 0 Å². The van der Waals surface area contributed by atoms with E-state index in [1.165, 1.54) is 50.8 Å². The third-order valence-corrected chi connectivity index (χ3v) is 4.31. The van der Waals surface area contributed by atoms with Crippen LogP contribution in [0.25, 0.3) is 0 Å². The Bertz CT molecular complexity index is 389. The number of rotatable bonds is 8. The van der Waals surface area contributed by atoms with Crippen molar-refractivity contribution in [2.45, 2.75) is 58.5 Å². The van der Waals surface area contributed by atoms with E-state index in [1.54, 1.807) is 5.56 Å². The highest BCUT2D eigenvalue weighted by Crippen LogP contribution is 2.18. The maximum Gasteiger partial charge on any atom is 0.0236 e. The van der Waals surface area contributed by atoms with E-state index >= 15 is 0 Å². The Kier molecular flexibility index (Phi) is 6.55. The van der Waals surface area contributed by atoms with Gasteiger partial charge in [-0.2, -0.15) is 0 Å². The molecule has 1 aliphatic rings. The minimum Gasteiger partial charge on any atom is -0.314 e. The monoisotopic (exact) mass is 274 g/mol. The summed E-state index contributed by atoms with van der Waals surface area (Å²) in [4.78, 5) is 2.62. The van der Waals surface area contributed by atoms with Gasteiger partial charge in [-0.3, -0.25) is 4.90 Å². The molecule has 0 saturated heterocycles. The van der Waals surface area contributed by atoms with Crippen LogP contribution in [0, 0.1) is 0 Å². The fourth-order valence-corrected chi connectivity index (χ4v) is 3.02. The summed E-state index contributed by atoms with van der Waals surface area (Å²) >= 11 is 0. The molecule has 1 aliphatic heterocycles. The summed E-state index contributed by atoms with van der Waals surface area (Å²) in [5.41, 5.74) is 3.10. The van der Waals surface area contributed by atoms with E-state index in [4.69, 9.17) is 0 Å². The van der Waals surface area contributed by atoms with Crippen LogP contribution in [0.3, 0.4) is 0 Å². The molecule has 1 atom stereocenters. The molecule has 1 unspecified atom stereocenters. The third kappa shape index (κ3) is 4.92. The van der Waals surface area contributed by atoms with E-state index in [1.807, 2.05) is 0 Å². The maximum absolute atomic E-state index is 3.57. The quantitative estimate of drug-likeness (QED) is 0.729. The average Bonchev–Trinajstić information content (AvgIpc) is 2.49. The van der Waals surface area contributed by atoms with Crippen molar-refractivity contribution in [3.63, 3.8) is 0 Å². The summed E-state index contributed by atoms with van der Waals surface area (Å²) in [6.45, 7) is 9.35. The number of hydrogen-bond acceptors (Lipinski definition) is 2. The zero-order chi connectivity index (χ0) is 14.2. The minimum atomic E-state index is 0.678. The molecular weight excluding hydrogens is 244 g/mol. The molecule has 1 aromatic carbocycles. The number of fused-ring (bicyclic) bond motifs is 1. The van der Waals surface area contributed by atoms with Crippen LogP contribution in [0.2, 0.25) is 0 Å². The molecule has 0 radical (unpaired) electrons. The number of hydrogen-bond donors (Lipinski definition) is 1. The van der Waals surface area contributed by atoms with Crippen molar-refractivity contribution in [1.82, 2.24) is 10.2 Å². The molecule has 2 heteroatoms. The number of unbranched alkanes of at least 4 members (excludes halogenated alkanes) is 1. The first-order valence-electron chi connectivity index (χ1n) is 8.32. The van der Waals surface area contributed by atoms with Crippen molar-refractivity contribution >= 4 is 0 Å². The van der Waals surface area contributed by atoms with Crippen LogP contribution >= 0.6 is 0 Å². The second-order valence-electron chi connectivity index (χ2n) is 6.15. The first-order valence-corrected chi connectivity index (χ1v) is 8.32. The van der Waals surface area contributed by atoms with E-state index in [0.717, 1.165) is 13.1 Å². The average molecular weight is 274 g/mol. The lowest BCUT2D eigenvalue weighted by atomic mass is 9.99. The lowest BCUT2D eigenvalue weighted by molar-refractivity contribution is 0.247. The zero-order valence-corrected chi connectivity index (χ0v) is 13.2. The predicted octanol–water partition coefficient (Wildman–Crippen LogP) is 3.60. The Morgan fingerprint density at radius 2 is 2.00 bits per heavy atom. The molecule has 0 aromatic heterocycles. The Labute approximate surface area is 124 Å². The number of nitrogens with zero attached hydrogens (tertiary/aromatic N) is 1. The summed E-state index contributed by atoms with van der Waals surface area (Å²) in [5.74, 6) is 0. The van der Waals surface area contributed by atoms with Crippen LogP contribution < -0.4 is 5.32 Å². The van der Waals surface area contributed by atoms with Gasteiger partial charge in [0.25, 0.3) is 0 Å². The summed E-state index contributed by atoms with van der Waals surface area (Å²) in [6, 6.07) is 9.59. The van der Waals surface area contributed by atoms with E-state index in [2.05, 4.69) is 48.3 Å². The van der Waals surface area contributed by atoms with Crippen molar-refractivity contribution in [1.29, 1.82) is 0 Å². The van der Waals surface area contributed by atoms with Gasteiger partial charge in [-0.25, -0.2) is 0 Å². The molecule has 1 heterocycles. The highest BCUT2D eigenvalue weighted by Gasteiger charge is 2.14. The molecule has 1 N–H and O–H groups in total. The molecule has 2 rings (SSSR count). The Morgan fingerprint density at radius 3 is 2.80 bits per heavy atom. The van der Waals surface area contributed by atoms with Crippen LogP contribution in [0.15, 0.2) is 24.3 Å². The molecule has 2 nitrogen and oxygen atoms in total. The molecule has 0 aliphatic carbocycles. The van der Waals surface area contributed by atoms with Gasteiger partial charge in [-0.15, -0.1) is 0 Å². The summed E-state index contributed by atoms with van der Waals surface area (Å²) in [7, 11) is 0. The summed E-state index contributed by atoms with van der Waals surface area (Å²) in [6.07, 6.45) is 6.45. The van der Waals surface area contributed by atoms with Crippen LogP contribution in [0.1, 0.15) is 50.7 Å². The van der Waals surface area contributed by atoms with Crippen LogP contribution in [0.5, 0.6) is 0 Å². The first-order chi connectivity index (χ1) is 9.79. The molecule has 20 heavy (non-hydrogen) atoms. The van der Waals surface area contributed by atoms with Crippen molar-refractivity contribution in [3.8, 4) is 0 Å². The fraction of sp³-hybridized carbons (Fsp3) is 0.667. The van der Waals surface area contributed by atoms with Gasteiger partial charge in [0.2, 0.25) is 0 Å². The van der Waals surface area contributed by atoms with E-state index in [0.29, 0.717) is 6.04 Å². The minimum absolute atomic E-state index is 0.678. The van der Waals surface area contributed by atoms with Gasteiger partial charge < -0.3 is 5.32 Å². The molecular formula is C18H30N2. The van der Waals surface area contributed by atoms with Gasteiger partial charge in [-0.1, -0.05) is 37.6 Å². The van der Waals surface area contributed by atoms with Crippen LogP contribution in [0.4, 0.5) is 0 Å². The van der Waals surface area contributed by atoms with Crippen molar-refractivity contribution in [2.75, 3.05) is 19.6 Å². The molecule has 0 bridgehead atoms. The lowest BCUT2D eigenvalue weighted by Crippen LogP contribution is -2.31. The molecule has 112 valence electrons. The van der Waals surface area contributed by atoms with Gasteiger partial charge in [0.15, 0.2) is 0 Å². The lowest BCUT2D eigenvalue weighted by Gasteiger charge is -2.28. The normalized spacial score (nSPS) is 16.9. The Morgan fingerprint density at radius 1 is 1.20 bits per heavy atom. The standard InChI is InChI=1S/C18H30N2/c1-3-12-19-16(2)8-6-7-13-20-14-11-17-9-4-5-10-18(17)15-20/h4-5,9-10,16,19H,3,6-8,11-15H2,1-2H3. The molecule has 0 amide bonds. The van der Waals surface area contributed by atoms with Crippen LogP contribution in [-0.2, 0) is 13.0 Å². The van der Waals surface area contributed by atoms with Gasteiger partial charge in [-0.05, 0) is 56.8 Å². The number of benzene rings is 1. The van der Waals surface area contributed by atoms with Gasteiger partial charge in [0, 0.05) is 19.1 Å². The first kappa shape index (κ1) is 15.5. The van der Waals surface area contributed by atoms with Crippen LogP contribution in [-0.4, -0.2) is 30.6 Å². The Hall–Kier alpha value is -0.860. The smallest absolute Gasteiger partial charge is 0.0236 e. The van der Waals surface area contributed by atoms with Gasteiger partial charge in [0.1, 0.15) is 0 Å². The zero-order valence-electron chi connectivity index (χ0n) is 13.2. The fourth-order valence-electron chi connectivity index (χ4n) is 3.02. The van der Waals surface area contributed by atoms with Crippen molar-refractivity contribution < 1.29 is 0 Å². The molecule has 0 fully saturated rings. The highest BCUT2D eigenvalue weighted by atomic mass is 15.1. The van der Waals surface area contributed by atoms with E-state index < -0.39 is 0 Å². The summed E-state index contributed by atoms with van der Waals surface area (Å²) in [5, 5.41) is 3.57. The second-order valence-corrected chi connectivity index (χ2v) is 6.15. The van der Waals surface area contributed by atoms with Gasteiger partial charge >= 0.3 is 0 Å². The van der Waals surface area contributed by atoms with E-state index in [9.17, 15) is 0 Å². The SMILES string of the molecule is CCCNC(C)CCCCN1CCc2ccccc2C1. The predicted molar refractivity (Wildman–Crippen MR) is 87.0 cm³/mol. The Balaban J connectivity index is 1.62. The topological polar surface area (TPSA) is 15.3 Å². The molecule has 0 saturated carbocycles. The highest BCUT2D eigenvalue weighted by molar-refractivity contribution is 5.28. The summed E-state index contributed by atoms with van der Waals surface area (Å²) < 4.78 is 0. The largest absolute Gasteiger partial charge is 0.314 e. The maximum atomic E-state index is 3.57. The van der Waals surface area contributed by atoms with Gasteiger partial charge in [0.05, 0.1) is 0 Å². The third-order valence-electron chi connectivity index (χ3n) is 4.31.